The van der Waals surface area contributed by atoms with E-state index in [1.165, 1.54) is 11.3 Å². The topological polar surface area (TPSA) is 85.7 Å². The van der Waals surface area contributed by atoms with Gasteiger partial charge in [-0.3, -0.25) is 9.36 Å². The van der Waals surface area contributed by atoms with E-state index in [0.29, 0.717) is 25.3 Å². The van der Waals surface area contributed by atoms with E-state index in [1.54, 1.807) is 11.1 Å². The van der Waals surface area contributed by atoms with Gasteiger partial charge >= 0.3 is 6.09 Å². The van der Waals surface area contributed by atoms with E-state index >= 15 is 0 Å². The van der Waals surface area contributed by atoms with E-state index < -0.39 is 11.7 Å². The molecule has 2 aromatic heterocycles. The highest BCUT2D eigenvalue weighted by atomic mass is 32.1. The number of ether oxygens (including phenoxy) is 2. The summed E-state index contributed by atoms with van der Waals surface area (Å²) in [6.45, 7) is 12.5. The molecule has 1 fully saturated rings. The standard InChI is InChI=1S/C21H30N4O4S/c1-13-11-16(15(3)25(13)19-22-7-10-30-19)18(26)24-8-9-28-17(12-24)14(2)23-20(27)29-21(4,5)6/h7,10-11,14,17H,8-9,12H2,1-6H3,(H,23,27). The second-order valence-electron chi connectivity index (χ2n) is 8.53. The molecule has 0 radical (unpaired) electrons. The number of nitrogens with one attached hydrogen (secondary N) is 1. The molecular weight excluding hydrogens is 404 g/mol. The van der Waals surface area contributed by atoms with Crippen molar-refractivity contribution in [2.45, 2.75) is 59.3 Å². The first-order chi connectivity index (χ1) is 14.1. The molecular formula is C21H30N4O4S. The maximum absolute atomic E-state index is 13.3. The highest BCUT2D eigenvalue weighted by Crippen LogP contribution is 2.24. The van der Waals surface area contributed by atoms with Crippen LogP contribution in [0.2, 0.25) is 0 Å². The molecule has 0 saturated carbocycles. The molecule has 1 saturated heterocycles. The highest BCUT2D eigenvalue weighted by Gasteiger charge is 2.32. The Balaban J connectivity index is 1.69. The van der Waals surface area contributed by atoms with Crippen molar-refractivity contribution >= 4 is 23.3 Å². The van der Waals surface area contributed by atoms with E-state index in [4.69, 9.17) is 9.47 Å². The van der Waals surface area contributed by atoms with Crippen molar-refractivity contribution in [2.75, 3.05) is 19.7 Å². The summed E-state index contributed by atoms with van der Waals surface area (Å²) in [6, 6.07) is 1.62. The summed E-state index contributed by atoms with van der Waals surface area (Å²) in [6.07, 6.45) is 0.957. The molecule has 1 N–H and O–H groups in total. The number of rotatable bonds is 4. The lowest BCUT2D eigenvalue weighted by Crippen LogP contribution is -2.54. The van der Waals surface area contributed by atoms with Gasteiger partial charge in [0.2, 0.25) is 0 Å². The van der Waals surface area contributed by atoms with Gasteiger partial charge in [-0.1, -0.05) is 0 Å². The Kier molecular flexibility index (Phi) is 6.52. The zero-order valence-corrected chi connectivity index (χ0v) is 19.2. The molecule has 2 atom stereocenters. The third-order valence-corrected chi connectivity index (χ3v) is 5.71. The van der Waals surface area contributed by atoms with E-state index in [-0.39, 0.29) is 18.1 Å². The Morgan fingerprint density at radius 1 is 1.37 bits per heavy atom. The number of aryl methyl sites for hydroxylation is 1. The van der Waals surface area contributed by atoms with Gasteiger partial charge in [-0.05, 0) is 47.6 Å². The molecule has 2 aromatic rings. The zero-order chi connectivity index (χ0) is 22.1. The van der Waals surface area contributed by atoms with Gasteiger partial charge in [0.25, 0.3) is 5.91 Å². The molecule has 8 nitrogen and oxygen atoms in total. The fraction of sp³-hybridized carbons (Fsp3) is 0.571. The molecule has 0 bridgehead atoms. The summed E-state index contributed by atoms with van der Waals surface area (Å²) < 4.78 is 13.1. The third-order valence-electron chi connectivity index (χ3n) is 4.95. The number of amides is 2. The van der Waals surface area contributed by atoms with Crippen LogP contribution in [0.1, 0.15) is 49.4 Å². The van der Waals surface area contributed by atoms with Crippen LogP contribution in [0.25, 0.3) is 5.13 Å². The van der Waals surface area contributed by atoms with Crippen LogP contribution in [0.15, 0.2) is 17.6 Å². The third kappa shape index (κ3) is 5.02. The number of carbonyl (C=O) groups excluding carboxylic acids is 2. The number of hydrogen-bond acceptors (Lipinski definition) is 6. The van der Waals surface area contributed by atoms with Crippen LogP contribution in [0, 0.1) is 13.8 Å². The summed E-state index contributed by atoms with van der Waals surface area (Å²) in [5.41, 5.74) is 1.93. The first-order valence-corrected chi connectivity index (χ1v) is 10.9. The van der Waals surface area contributed by atoms with Crippen LogP contribution in [0.3, 0.4) is 0 Å². The van der Waals surface area contributed by atoms with Crippen molar-refractivity contribution in [2.24, 2.45) is 0 Å². The molecule has 1 aliphatic rings. The second kappa shape index (κ2) is 8.77. The molecule has 0 aliphatic carbocycles. The fourth-order valence-electron chi connectivity index (χ4n) is 3.52. The Labute approximate surface area is 181 Å². The maximum atomic E-state index is 13.3. The average Bonchev–Trinajstić information content (AvgIpc) is 3.27. The summed E-state index contributed by atoms with van der Waals surface area (Å²) in [7, 11) is 0. The van der Waals surface area contributed by atoms with E-state index in [9.17, 15) is 9.59 Å². The second-order valence-corrected chi connectivity index (χ2v) is 9.40. The predicted octanol–water partition coefficient (Wildman–Crippen LogP) is 3.30. The van der Waals surface area contributed by atoms with Crippen molar-refractivity contribution in [3.63, 3.8) is 0 Å². The van der Waals surface area contributed by atoms with Crippen LogP contribution < -0.4 is 5.32 Å². The molecule has 3 rings (SSSR count). The van der Waals surface area contributed by atoms with E-state index in [2.05, 4.69) is 10.3 Å². The van der Waals surface area contributed by atoms with E-state index in [0.717, 1.165) is 16.5 Å². The summed E-state index contributed by atoms with van der Waals surface area (Å²) in [4.78, 5) is 31.5. The highest BCUT2D eigenvalue weighted by molar-refractivity contribution is 7.12. The van der Waals surface area contributed by atoms with Gasteiger partial charge < -0.3 is 19.7 Å². The monoisotopic (exact) mass is 434 g/mol. The van der Waals surface area contributed by atoms with E-state index in [1.807, 2.05) is 57.6 Å². The average molecular weight is 435 g/mol. The van der Waals surface area contributed by atoms with Crippen LogP contribution in [-0.2, 0) is 9.47 Å². The van der Waals surface area contributed by atoms with Gasteiger partial charge in [0.05, 0.1) is 24.3 Å². The number of carbonyl (C=O) groups is 2. The normalized spacial score (nSPS) is 18.2. The van der Waals surface area contributed by atoms with Crippen molar-refractivity contribution in [1.82, 2.24) is 19.8 Å². The first kappa shape index (κ1) is 22.3. The van der Waals surface area contributed by atoms with Crippen molar-refractivity contribution < 1.29 is 19.1 Å². The van der Waals surface area contributed by atoms with Gasteiger partial charge in [-0.2, -0.15) is 0 Å². The Bertz CT molecular complexity index is 901. The van der Waals surface area contributed by atoms with Gasteiger partial charge in [-0.25, -0.2) is 9.78 Å². The molecule has 30 heavy (non-hydrogen) atoms. The van der Waals surface area contributed by atoms with Crippen LogP contribution >= 0.6 is 11.3 Å². The Hall–Kier alpha value is -2.39. The summed E-state index contributed by atoms with van der Waals surface area (Å²) in [5.74, 6) is -0.0383. The number of aromatic nitrogens is 2. The Morgan fingerprint density at radius 2 is 2.10 bits per heavy atom. The summed E-state index contributed by atoms with van der Waals surface area (Å²) in [5, 5.41) is 5.58. The Morgan fingerprint density at radius 3 is 2.73 bits per heavy atom. The number of thiazole rings is 1. The number of nitrogens with zero attached hydrogens (tertiary/aromatic N) is 3. The number of morpholine rings is 1. The zero-order valence-electron chi connectivity index (χ0n) is 18.4. The quantitative estimate of drug-likeness (QED) is 0.798. The van der Waals surface area contributed by atoms with Crippen LogP contribution in [-0.4, -0.2) is 63.9 Å². The van der Waals surface area contributed by atoms with Gasteiger partial charge in [0, 0.05) is 36.1 Å². The van der Waals surface area contributed by atoms with Crippen LogP contribution in [0.4, 0.5) is 4.79 Å². The lowest BCUT2D eigenvalue weighted by atomic mass is 10.1. The lowest BCUT2D eigenvalue weighted by molar-refractivity contribution is -0.0371. The van der Waals surface area contributed by atoms with Crippen molar-refractivity contribution in [3.8, 4) is 5.13 Å². The van der Waals surface area contributed by atoms with Gasteiger partial charge in [-0.15, -0.1) is 11.3 Å². The molecule has 2 unspecified atom stereocenters. The molecule has 3 heterocycles. The predicted molar refractivity (Wildman–Crippen MR) is 115 cm³/mol. The minimum Gasteiger partial charge on any atom is -0.444 e. The molecule has 9 heteroatoms. The maximum Gasteiger partial charge on any atom is 0.407 e. The SMILES string of the molecule is Cc1cc(C(=O)N2CCOC(C(C)NC(=O)OC(C)(C)C)C2)c(C)n1-c1nccs1. The largest absolute Gasteiger partial charge is 0.444 e. The molecule has 0 spiro atoms. The van der Waals surface area contributed by atoms with Crippen molar-refractivity contribution in [3.05, 3.63) is 34.6 Å². The van der Waals surface area contributed by atoms with Gasteiger partial charge in [0.1, 0.15) is 5.60 Å². The van der Waals surface area contributed by atoms with Crippen molar-refractivity contribution in [1.29, 1.82) is 0 Å². The van der Waals surface area contributed by atoms with Crippen LogP contribution in [0.5, 0.6) is 0 Å². The fourth-order valence-corrected chi connectivity index (χ4v) is 4.27. The molecule has 0 aromatic carbocycles. The smallest absolute Gasteiger partial charge is 0.407 e. The molecule has 2 amide bonds. The summed E-state index contributed by atoms with van der Waals surface area (Å²) >= 11 is 1.53. The number of alkyl carbamates (subject to hydrolysis) is 1. The lowest BCUT2D eigenvalue weighted by Gasteiger charge is -2.36. The van der Waals surface area contributed by atoms with Gasteiger partial charge in [0.15, 0.2) is 5.13 Å². The first-order valence-electron chi connectivity index (χ1n) is 10.1. The minimum atomic E-state index is -0.570. The minimum absolute atomic E-state index is 0.0383. The molecule has 164 valence electrons. The number of hydrogen-bond donors (Lipinski definition) is 1. The molecule has 1 aliphatic heterocycles.